The minimum absolute atomic E-state index is 0.0959. The lowest BCUT2D eigenvalue weighted by atomic mass is 10.4. The van der Waals surface area contributed by atoms with E-state index in [1.807, 2.05) is 0 Å². The molecule has 0 saturated carbocycles. The van der Waals surface area contributed by atoms with Gasteiger partial charge in [-0.3, -0.25) is 4.79 Å². The zero-order valence-corrected chi connectivity index (χ0v) is 10.9. The van der Waals surface area contributed by atoms with Gasteiger partial charge in [-0.1, -0.05) is 0 Å². The third-order valence-electron chi connectivity index (χ3n) is 2.09. The average Bonchev–Trinajstić information content (AvgIpc) is 2.30. The number of carbonyl (C=O) groups is 3. The first kappa shape index (κ1) is 16.0. The average molecular weight is 260 g/mol. The molecule has 0 rings (SSSR count). The Bertz CT molecular complexity index is 306. The summed E-state index contributed by atoms with van der Waals surface area (Å²) in [4.78, 5) is 35.5. The lowest BCUT2D eigenvalue weighted by Crippen LogP contribution is -2.43. The number of aliphatic carboxylic acids is 1. The van der Waals surface area contributed by atoms with E-state index in [0.717, 1.165) is 0 Å². The van der Waals surface area contributed by atoms with E-state index in [1.165, 1.54) is 16.8 Å². The predicted molar refractivity (Wildman–Crippen MR) is 65.4 cm³/mol. The van der Waals surface area contributed by atoms with Gasteiger partial charge in [-0.15, -0.1) is 0 Å². The van der Waals surface area contributed by atoms with Crippen LogP contribution in [0.4, 0.5) is 9.59 Å². The van der Waals surface area contributed by atoms with Crippen LogP contribution in [0.5, 0.6) is 0 Å². The number of carbonyl (C=O) groups excluding carboxylic acids is 2. The lowest BCUT2D eigenvalue weighted by Gasteiger charge is -2.17. The zero-order valence-electron chi connectivity index (χ0n) is 10.9. The molecule has 0 aliphatic heterocycles. The third kappa shape index (κ3) is 7.31. The SMILES string of the molecule is CN(C)C(=O)NCCNC(=O)N(C)CCC(=O)O. The molecule has 104 valence electrons. The van der Waals surface area contributed by atoms with Crippen molar-refractivity contribution in [1.29, 1.82) is 0 Å². The number of urea groups is 2. The molecule has 0 heterocycles. The summed E-state index contributed by atoms with van der Waals surface area (Å²) in [6, 6.07) is -0.598. The van der Waals surface area contributed by atoms with E-state index >= 15 is 0 Å². The van der Waals surface area contributed by atoms with E-state index in [0.29, 0.717) is 6.54 Å². The molecule has 4 amide bonds. The molecule has 0 aliphatic carbocycles. The van der Waals surface area contributed by atoms with Gasteiger partial charge in [0.05, 0.1) is 6.42 Å². The van der Waals surface area contributed by atoms with E-state index in [9.17, 15) is 14.4 Å². The Hall–Kier alpha value is -1.99. The van der Waals surface area contributed by atoms with Crippen LogP contribution in [-0.4, -0.2) is 73.7 Å². The second-order valence-electron chi connectivity index (χ2n) is 3.92. The van der Waals surface area contributed by atoms with E-state index in [4.69, 9.17) is 5.11 Å². The molecule has 0 bridgehead atoms. The highest BCUT2D eigenvalue weighted by atomic mass is 16.4. The summed E-state index contributed by atoms with van der Waals surface area (Å²) >= 11 is 0. The Balaban J connectivity index is 3.70. The first-order chi connectivity index (χ1) is 8.34. The fraction of sp³-hybridized carbons (Fsp3) is 0.700. The largest absolute Gasteiger partial charge is 0.481 e. The van der Waals surface area contributed by atoms with Crippen molar-refractivity contribution in [2.75, 3.05) is 40.8 Å². The van der Waals surface area contributed by atoms with Gasteiger partial charge in [0.25, 0.3) is 0 Å². The Labute approximate surface area is 106 Å². The van der Waals surface area contributed by atoms with Crippen LogP contribution in [0.15, 0.2) is 0 Å². The molecule has 3 N–H and O–H groups in total. The Kier molecular flexibility index (Phi) is 7.25. The van der Waals surface area contributed by atoms with Crippen molar-refractivity contribution in [1.82, 2.24) is 20.4 Å². The van der Waals surface area contributed by atoms with Gasteiger partial charge >= 0.3 is 18.0 Å². The summed E-state index contributed by atoms with van der Waals surface area (Å²) in [7, 11) is 4.75. The molecule has 8 heteroatoms. The number of nitrogens with one attached hydrogen (secondary N) is 2. The van der Waals surface area contributed by atoms with Crippen molar-refractivity contribution < 1.29 is 19.5 Å². The van der Waals surface area contributed by atoms with Gasteiger partial charge in [-0.25, -0.2) is 9.59 Å². The van der Waals surface area contributed by atoms with Crippen molar-refractivity contribution in [2.24, 2.45) is 0 Å². The second kappa shape index (κ2) is 8.15. The maximum absolute atomic E-state index is 11.4. The van der Waals surface area contributed by atoms with Crippen LogP contribution in [0.1, 0.15) is 6.42 Å². The van der Waals surface area contributed by atoms with Crippen LogP contribution < -0.4 is 10.6 Å². The first-order valence-electron chi connectivity index (χ1n) is 5.50. The number of amides is 4. The Morgan fingerprint density at radius 1 is 1.00 bits per heavy atom. The zero-order chi connectivity index (χ0) is 14.1. The minimum atomic E-state index is -0.951. The fourth-order valence-corrected chi connectivity index (χ4v) is 0.997. The van der Waals surface area contributed by atoms with Crippen molar-refractivity contribution in [3.05, 3.63) is 0 Å². The molecule has 0 aromatic carbocycles. The van der Waals surface area contributed by atoms with Gasteiger partial charge in [0.15, 0.2) is 0 Å². The highest BCUT2D eigenvalue weighted by Crippen LogP contribution is 1.88. The standard InChI is InChI=1S/C10H20N4O4/c1-13(2)9(17)11-5-6-12-10(18)14(3)7-4-8(15)16/h4-7H2,1-3H3,(H,11,17)(H,12,18)(H,15,16). The summed E-state index contributed by atoms with van der Waals surface area (Å²) in [6.07, 6.45) is -0.0959. The van der Waals surface area contributed by atoms with Crippen LogP contribution in [0, 0.1) is 0 Å². The molecule has 0 atom stereocenters. The van der Waals surface area contributed by atoms with E-state index < -0.39 is 5.97 Å². The lowest BCUT2D eigenvalue weighted by molar-refractivity contribution is -0.137. The molecule has 0 aromatic heterocycles. The highest BCUT2D eigenvalue weighted by Gasteiger charge is 2.09. The van der Waals surface area contributed by atoms with Gasteiger partial charge in [0, 0.05) is 40.8 Å². The quantitative estimate of drug-likeness (QED) is 0.553. The van der Waals surface area contributed by atoms with Crippen LogP contribution in [0.3, 0.4) is 0 Å². The van der Waals surface area contributed by atoms with Gasteiger partial charge in [-0.05, 0) is 0 Å². The molecular weight excluding hydrogens is 240 g/mol. The number of carboxylic acid groups (broad SMARTS) is 1. The predicted octanol–water partition coefficient (Wildman–Crippen LogP) is -0.626. The second-order valence-corrected chi connectivity index (χ2v) is 3.92. The number of carboxylic acids is 1. The number of nitrogens with zero attached hydrogens (tertiary/aromatic N) is 2. The minimum Gasteiger partial charge on any atom is -0.481 e. The van der Waals surface area contributed by atoms with Gasteiger partial charge in [-0.2, -0.15) is 0 Å². The van der Waals surface area contributed by atoms with E-state index in [-0.39, 0.29) is 31.6 Å². The summed E-state index contributed by atoms with van der Waals surface area (Å²) < 4.78 is 0. The molecule has 0 unspecified atom stereocenters. The fourth-order valence-electron chi connectivity index (χ4n) is 0.997. The number of hydrogen-bond acceptors (Lipinski definition) is 3. The smallest absolute Gasteiger partial charge is 0.317 e. The molecular formula is C10H20N4O4. The molecule has 0 aliphatic rings. The molecule has 0 saturated heterocycles. The van der Waals surface area contributed by atoms with E-state index in [1.54, 1.807) is 14.1 Å². The summed E-state index contributed by atoms with van der Waals surface area (Å²) in [6.45, 7) is 0.747. The van der Waals surface area contributed by atoms with Crippen molar-refractivity contribution in [2.45, 2.75) is 6.42 Å². The van der Waals surface area contributed by atoms with Gasteiger partial charge in [0.1, 0.15) is 0 Å². The summed E-state index contributed by atoms with van der Waals surface area (Å²) in [5, 5.41) is 13.6. The molecule has 0 radical (unpaired) electrons. The van der Waals surface area contributed by atoms with Crippen molar-refractivity contribution in [3.63, 3.8) is 0 Å². The maximum atomic E-state index is 11.4. The monoisotopic (exact) mass is 260 g/mol. The van der Waals surface area contributed by atoms with Crippen LogP contribution in [-0.2, 0) is 4.79 Å². The molecule has 0 fully saturated rings. The Morgan fingerprint density at radius 3 is 1.94 bits per heavy atom. The molecule has 18 heavy (non-hydrogen) atoms. The highest BCUT2D eigenvalue weighted by molar-refractivity contribution is 5.75. The first-order valence-corrected chi connectivity index (χ1v) is 5.50. The summed E-state index contributed by atoms with van der Waals surface area (Å²) in [5.41, 5.74) is 0. The number of hydrogen-bond donors (Lipinski definition) is 3. The normalized spacial score (nSPS) is 9.50. The van der Waals surface area contributed by atoms with Crippen molar-refractivity contribution in [3.8, 4) is 0 Å². The third-order valence-corrected chi connectivity index (χ3v) is 2.09. The maximum Gasteiger partial charge on any atom is 0.317 e. The van der Waals surface area contributed by atoms with Crippen LogP contribution >= 0.6 is 0 Å². The van der Waals surface area contributed by atoms with Gasteiger partial charge < -0.3 is 25.5 Å². The van der Waals surface area contributed by atoms with Crippen molar-refractivity contribution >= 4 is 18.0 Å². The molecule has 0 aromatic rings. The molecule has 8 nitrogen and oxygen atoms in total. The Morgan fingerprint density at radius 2 is 1.50 bits per heavy atom. The molecule has 0 spiro atoms. The van der Waals surface area contributed by atoms with Crippen LogP contribution in [0.25, 0.3) is 0 Å². The number of rotatable bonds is 6. The topological polar surface area (TPSA) is 102 Å². The van der Waals surface area contributed by atoms with Crippen LogP contribution in [0.2, 0.25) is 0 Å². The van der Waals surface area contributed by atoms with Gasteiger partial charge in [0.2, 0.25) is 0 Å². The van der Waals surface area contributed by atoms with E-state index in [2.05, 4.69) is 10.6 Å². The summed E-state index contributed by atoms with van der Waals surface area (Å²) in [5.74, 6) is -0.951.